The predicted octanol–water partition coefficient (Wildman–Crippen LogP) is 2.39. The summed E-state index contributed by atoms with van der Waals surface area (Å²) in [7, 11) is 0. The summed E-state index contributed by atoms with van der Waals surface area (Å²) in [6.45, 7) is 4.42. The number of nitrogens with one attached hydrogen (secondary N) is 2. The molecule has 0 saturated carbocycles. The number of hydrogen-bond donors (Lipinski definition) is 2. The van der Waals surface area contributed by atoms with E-state index in [-0.39, 0.29) is 0 Å². The normalized spacial score (nSPS) is 21.9. The second-order valence-electron chi connectivity index (χ2n) is 4.18. The van der Waals surface area contributed by atoms with Crippen molar-refractivity contribution >= 4 is 0 Å². The van der Waals surface area contributed by atoms with Crippen LogP contribution < -0.4 is 5.32 Å². The van der Waals surface area contributed by atoms with Crippen molar-refractivity contribution in [3.63, 3.8) is 0 Å². The van der Waals surface area contributed by atoms with Gasteiger partial charge in [-0.1, -0.05) is 13.8 Å². The molecule has 0 amide bonds. The van der Waals surface area contributed by atoms with Gasteiger partial charge in [0.05, 0.1) is 0 Å². The summed E-state index contributed by atoms with van der Waals surface area (Å²) in [5, 5.41) is 3.60. The molecule has 2 nitrogen and oxygen atoms in total. The Morgan fingerprint density at radius 3 is 3.15 bits per heavy atom. The summed E-state index contributed by atoms with van der Waals surface area (Å²) < 4.78 is 0. The lowest BCUT2D eigenvalue weighted by atomic mass is 9.92. The molecule has 1 aliphatic rings. The van der Waals surface area contributed by atoms with E-state index in [1.165, 1.54) is 30.5 Å². The number of aromatic nitrogens is 1. The van der Waals surface area contributed by atoms with Crippen LogP contribution in [-0.2, 0) is 6.42 Å². The monoisotopic (exact) mass is 178 g/mol. The second kappa shape index (κ2) is 3.54. The molecule has 0 fully saturated rings. The molecule has 1 atom stereocenters. The van der Waals surface area contributed by atoms with Crippen molar-refractivity contribution in [1.82, 2.24) is 10.3 Å². The zero-order valence-electron chi connectivity index (χ0n) is 8.43. The van der Waals surface area contributed by atoms with Crippen molar-refractivity contribution in [2.75, 3.05) is 0 Å². The third-order valence-corrected chi connectivity index (χ3v) is 2.70. The third-order valence-electron chi connectivity index (χ3n) is 2.70. The Bertz CT molecular complexity index is 275. The van der Waals surface area contributed by atoms with E-state index in [0.29, 0.717) is 12.1 Å². The van der Waals surface area contributed by atoms with Crippen LogP contribution in [0.2, 0.25) is 0 Å². The Hall–Kier alpha value is -0.760. The number of H-pyrrole nitrogens is 1. The predicted molar refractivity (Wildman–Crippen MR) is 54.7 cm³/mol. The Kier molecular flexibility index (Phi) is 2.40. The maximum Gasteiger partial charge on any atom is 0.0340 e. The van der Waals surface area contributed by atoms with E-state index >= 15 is 0 Å². The molecule has 0 spiro atoms. The zero-order chi connectivity index (χ0) is 9.26. The van der Waals surface area contributed by atoms with Gasteiger partial charge in [-0.05, 0) is 30.9 Å². The van der Waals surface area contributed by atoms with Gasteiger partial charge in [0.15, 0.2) is 0 Å². The summed E-state index contributed by atoms with van der Waals surface area (Å²) in [6.07, 6.45) is 5.87. The van der Waals surface area contributed by atoms with Gasteiger partial charge >= 0.3 is 0 Å². The number of fused-ring (bicyclic) bond motifs is 1. The molecule has 2 N–H and O–H groups in total. The number of aryl methyl sites for hydroxylation is 1. The topological polar surface area (TPSA) is 27.8 Å². The molecule has 0 radical (unpaired) electrons. The summed E-state index contributed by atoms with van der Waals surface area (Å²) in [4.78, 5) is 3.32. The van der Waals surface area contributed by atoms with Crippen molar-refractivity contribution in [3.8, 4) is 0 Å². The van der Waals surface area contributed by atoms with Crippen molar-refractivity contribution in [3.05, 3.63) is 23.5 Å². The van der Waals surface area contributed by atoms with Gasteiger partial charge in [0.2, 0.25) is 0 Å². The first-order valence-electron chi connectivity index (χ1n) is 5.19. The lowest BCUT2D eigenvalue weighted by Gasteiger charge is -2.25. The van der Waals surface area contributed by atoms with Gasteiger partial charge in [-0.2, -0.15) is 0 Å². The first-order chi connectivity index (χ1) is 6.27. The quantitative estimate of drug-likeness (QED) is 0.715. The molecule has 1 unspecified atom stereocenters. The molecule has 1 aromatic rings. The summed E-state index contributed by atoms with van der Waals surface area (Å²) >= 11 is 0. The molecule has 0 saturated heterocycles. The standard InChI is InChI=1S/C11H18N2/c1-8(2)13-11-5-3-4-10-9(11)6-7-12-10/h6-8,11-13H,3-5H2,1-2H3. The average molecular weight is 178 g/mol. The molecule has 72 valence electrons. The average Bonchev–Trinajstić information content (AvgIpc) is 2.51. The van der Waals surface area contributed by atoms with E-state index in [9.17, 15) is 0 Å². The molecule has 0 aromatic carbocycles. The molecule has 2 heteroatoms. The number of rotatable bonds is 2. The largest absolute Gasteiger partial charge is 0.365 e. The fourth-order valence-corrected chi connectivity index (χ4v) is 2.17. The molecular formula is C11H18N2. The van der Waals surface area contributed by atoms with Crippen LogP contribution in [0.5, 0.6) is 0 Å². The third kappa shape index (κ3) is 1.78. The Labute approximate surface area is 79.7 Å². The van der Waals surface area contributed by atoms with Crippen molar-refractivity contribution < 1.29 is 0 Å². The molecule has 1 aromatic heterocycles. The molecule has 2 rings (SSSR count). The highest BCUT2D eigenvalue weighted by Crippen LogP contribution is 2.28. The van der Waals surface area contributed by atoms with E-state index < -0.39 is 0 Å². The van der Waals surface area contributed by atoms with Crippen LogP contribution in [-0.4, -0.2) is 11.0 Å². The summed E-state index contributed by atoms with van der Waals surface area (Å²) in [5.74, 6) is 0. The lowest BCUT2D eigenvalue weighted by molar-refractivity contribution is 0.422. The van der Waals surface area contributed by atoms with Crippen molar-refractivity contribution in [1.29, 1.82) is 0 Å². The van der Waals surface area contributed by atoms with Crippen LogP contribution in [0.4, 0.5) is 0 Å². The number of hydrogen-bond acceptors (Lipinski definition) is 1. The summed E-state index contributed by atoms with van der Waals surface area (Å²) in [5.41, 5.74) is 2.92. The van der Waals surface area contributed by atoms with E-state index in [4.69, 9.17) is 0 Å². The zero-order valence-corrected chi connectivity index (χ0v) is 8.43. The minimum Gasteiger partial charge on any atom is -0.365 e. The molecule has 0 aliphatic heterocycles. The van der Waals surface area contributed by atoms with Crippen molar-refractivity contribution in [2.24, 2.45) is 0 Å². The van der Waals surface area contributed by atoms with Crippen LogP contribution >= 0.6 is 0 Å². The molecule has 0 bridgehead atoms. The Morgan fingerprint density at radius 2 is 2.38 bits per heavy atom. The van der Waals surface area contributed by atoms with Gasteiger partial charge in [-0.3, -0.25) is 0 Å². The maximum absolute atomic E-state index is 3.60. The van der Waals surface area contributed by atoms with E-state index in [2.05, 4.69) is 36.4 Å². The first kappa shape index (κ1) is 8.82. The van der Waals surface area contributed by atoms with Crippen LogP contribution in [0.25, 0.3) is 0 Å². The molecule has 13 heavy (non-hydrogen) atoms. The highest BCUT2D eigenvalue weighted by molar-refractivity contribution is 5.26. The first-order valence-corrected chi connectivity index (χ1v) is 5.19. The SMILES string of the molecule is CC(C)NC1CCCc2[nH]ccc21. The minimum atomic E-state index is 0.575. The van der Waals surface area contributed by atoms with Crippen LogP contribution in [0.15, 0.2) is 12.3 Å². The minimum absolute atomic E-state index is 0.575. The van der Waals surface area contributed by atoms with Crippen LogP contribution in [0.1, 0.15) is 44.0 Å². The summed E-state index contributed by atoms with van der Waals surface area (Å²) in [6, 6.07) is 3.37. The lowest BCUT2D eigenvalue weighted by Crippen LogP contribution is -2.30. The molecule has 1 aliphatic carbocycles. The van der Waals surface area contributed by atoms with E-state index in [1.54, 1.807) is 0 Å². The van der Waals surface area contributed by atoms with E-state index in [1.807, 2.05) is 0 Å². The Balaban J connectivity index is 2.15. The van der Waals surface area contributed by atoms with Gasteiger partial charge < -0.3 is 10.3 Å². The maximum atomic E-state index is 3.60. The smallest absolute Gasteiger partial charge is 0.0340 e. The molecular weight excluding hydrogens is 160 g/mol. The van der Waals surface area contributed by atoms with Gasteiger partial charge in [-0.25, -0.2) is 0 Å². The van der Waals surface area contributed by atoms with Gasteiger partial charge in [0.1, 0.15) is 0 Å². The van der Waals surface area contributed by atoms with Gasteiger partial charge in [0.25, 0.3) is 0 Å². The van der Waals surface area contributed by atoms with Gasteiger partial charge in [-0.15, -0.1) is 0 Å². The van der Waals surface area contributed by atoms with E-state index in [0.717, 1.165) is 0 Å². The fourth-order valence-electron chi connectivity index (χ4n) is 2.17. The van der Waals surface area contributed by atoms with Crippen LogP contribution in [0.3, 0.4) is 0 Å². The van der Waals surface area contributed by atoms with Crippen molar-refractivity contribution in [2.45, 2.75) is 45.2 Å². The molecule has 1 heterocycles. The second-order valence-corrected chi connectivity index (χ2v) is 4.18. The number of aromatic amines is 1. The fraction of sp³-hybridized carbons (Fsp3) is 0.636. The van der Waals surface area contributed by atoms with Crippen LogP contribution in [0, 0.1) is 0 Å². The highest BCUT2D eigenvalue weighted by atomic mass is 14.9. The highest BCUT2D eigenvalue weighted by Gasteiger charge is 2.20. The van der Waals surface area contributed by atoms with Gasteiger partial charge in [0, 0.05) is 24.0 Å². The Morgan fingerprint density at radius 1 is 1.54 bits per heavy atom.